The third kappa shape index (κ3) is 7.63. The summed E-state index contributed by atoms with van der Waals surface area (Å²) in [5.41, 5.74) is 15.5. The van der Waals surface area contributed by atoms with Gasteiger partial charge in [-0.2, -0.15) is 11.1 Å². The number of hydrogen-bond acceptors (Lipinski definition) is 0. The van der Waals surface area contributed by atoms with Crippen molar-refractivity contribution in [3.05, 3.63) is 185 Å². The maximum atomic E-state index is 4.19. The third-order valence-electron chi connectivity index (χ3n) is 11.3. The second-order valence-corrected chi connectivity index (χ2v) is 18.3. The van der Waals surface area contributed by atoms with Gasteiger partial charge >= 0.3 is 21.7 Å². The molecule has 0 spiro atoms. The normalized spacial score (nSPS) is 15.0. The summed E-state index contributed by atoms with van der Waals surface area (Å²) in [5.74, 6) is 0. The van der Waals surface area contributed by atoms with Crippen molar-refractivity contribution < 1.29 is 58.9 Å². The van der Waals surface area contributed by atoms with E-state index in [1.165, 1.54) is 82.4 Å². The molecule has 1 atom stereocenters. The Labute approximate surface area is 352 Å². The monoisotopic (exact) mass is 802 g/mol. The van der Waals surface area contributed by atoms with Crippen molar-refractivity contribution >= 4 is 23.6 Å². The minimum Gasteiger partial charge on any atom is -1.00 e. The molecule has 0 fully saturated rings. The van der Waals surface area contributed by atoms with Crippen molar-refractivity contribution in [2.24, 2.45) is 0 Å². The zero-order valence-corrected chi connectivity index (χ0v) is 36.3. The summed E-state index contributed by atoms with van der Waals surface area (Å²) in [4.78, 5) is 0. The van der Waals surface area contributed by atoms with Crippen LogP contribution in [0.15, 0.2) is 162 Å². The molecule has 0 amide bonds. The molecule has 6 aromatic rings. The van der Waals surface area contributed by atoms with Crippen molar-refractivity contribution in [1.29, 1.82) is 0 Å². The number of allylic oxidation sites excluding steroid dienone is 4. The van der Waals surface area contributed by atoms with Gasteiger partial charge in [0.1, 0.15) is 8.07 Å². The van der Waals surface area contributed by atoms with Crippen LogP contribution in [0.2, 0.25) is 5.04 Å². The summed E-state index contributed by atoms with van der Waals surface area (Å²) in [6, 6.07) is 54.7. The fourth-order valence-electron chi connectivity index (χ4n) is 8.31. The zero-order valence-electron chi connectivity index (χ0n) is 31.5. The Kier molecular flexibility index (Phi) is 14.8. The third-order valence-corrected chi connectivity index (χ3v) is 16.9. The van der Waals surface area contributed by atoms with Crippen LogP contribution in [0.5, 0.6) is 0 Å². The van der Waals surface area contributed by atoms with E-state index in [2.05, 4.69) is 200 Å². The van der Waals surface area contributed by atoms with E-state index in [1.807, 2.05) is 0 Å². The molecule has 0 heterocycles. The van der Waals surface area contributed by atoms with Crippen LogP contribution in [0.4, 0.5) is 0 Å². The van der Waals surface area contributed by atoms with Gasteiger partial charge in [-0.3, -0.25) is 6.08 Å². The molecule has 6 aromatic carbocycles. The minimum atomic E-state index is -3.01. The Morgan fingerprint density at radius 2 is 0.736 bits per heavy atom. The zero-order chi connectivity index (χ0) is 34.3. The standard InChI is InChI=1S/C48H45Si.3ClH.Ti/c1-33-23-26-42(29-45(33)39-17-11-8-12-18-39)49(48(7)32-36(4)37(5)38(48)6,43-27-24-34(2)46(30-43)40-19-13-9-14-20-40)44-28-25-35(3)47(31-44)41-21-15-10-16-22-41;;;;/h8-31H,1-7H3;3*1H;/q-1;;;;+4/p-3. The fraction of sp³-hybridized carbons (Fsp3) is 0.167. The molecule has 266 valence electrons. The minimum absolute atomic E-state index is 0. The largest absolute Gasteiger partial charge is 4.00 e. The summed E-state index contributed by atoms with van der Waals surface area (Å²) < 4.78 is 0. The Balaban J connectivity index is 0.00000189. The van der Waals surface area contributed by atoms with Gasteiger partial charge in [-0.15, -0.1) is 6.92 Å². The SMILES string of the molecule is CC1=[C-]C(C)([Si](c2ccc(C)c(-c3ccccc3)c2)(c2ccc(C)c(-c3ccccc3)c2)c2ccc(C)c(-c3ccccc3)c2)C(C)=C1C.[Cl-].[Cl-].[Cl-].[Ti+4]. The first kappa shape index (κ1) is 44.0. The molecule has 5 heteroatoms. The van der Waals surface area contributed by atoms with Crippen LogP contribution in [-0.2, 0) is 21.7 Å². The van der Waals surface area contributed by atoms with Gasteiger partial charge < -0.3 is 37.2 Å². The molecule has 0 nitrogen and oxygen atoms in total. The predicted molar refractivity (Wildman–Crippen MR) is 214 cm³/mol. The van der Waals surface area contributed by atoms with Gasteiger partial charge in [0.25, 0.3) is 0 Å². The fourth-order valence-corrected chi connectivity index (χ4v) is 14.3. The van der Waals surface area contributed by atoms with Gasteiger partial charge in [0.15, 0.2) is 0 Å². The first-order chi connectivity index (χ1) is 23.6. The van der Waals surface area contributed by atoms with E-state index < -0.39 is 8.07 Å². The smallest absolute Gasteiger partial charge is 1.00 e. The number of aryl methyl sites for hydroxylation is 3. The molecular weight excluding hydrogens is 759 g/mol. The number of rotatable bonds is 7. The quantitative estimate of drug-likeness (QED) is 0.132. The van der Waals surface area contributed by atoms with E-state index in [0.29, 0.717) is 0 Å². The van der Waals surface area contributed by atoms with Gasteiger partial charge in [-0.05, 0) is 86.4 Å². The molecule has 0 bridgehead atoms. The summed E-state index contributed by atoms with van der Waals surface area (Å²) in [6.45, 7) is 16.1. The Morgan fingerprint density at radius 3 is 1.00 bits per heavy atom. The van der Waals surface area contributed by atoms with Crippen molar-refractivity contribution in [3.8, 4) is 33.4 Å². The molecular formula is C48H45Cl3SiTi. The molecule has 0 radical (unpaired) electrons. The van der Waals surface area contributed by atoms with Crippen molar-refractivity contribution in [1.82, 2.24) is 0 Å². The molecule has 1 aliphatic rings. The van der Waals surface area contributed by atoms with Crippen LogP contribution >= 0.6 is 0 Å². The second-order valence-electron chi connectivity index (χ2n) is 14.1. The second kappa shape index (κ2) is 17.8. The molecule has 1 aliphatic carbocycles. The molecule has 0 aliphatic heterocycles. The number of benzene rings is 6. The van der Waals surface area contributed by atoms with E-state index >= 15 is 0 Å². The number of hydrogen-bond donors (Lipinski definition) is 0. The maximum absolute atomic E-state index is 4.19. The van der Waals surface area contributed by atoms with Crippen LogP contribution < -0.4 is 52.8 Å². The Bertz CT molecular complexity index is 2030. The molecule has 0 aromatic heterocycles. The van der Waals surface area contributed by atoms with Gasteiger partial charge in [-0.25, -0.2) is 5.57 Å². The van der Waals surface area contributed by atoms with E-state index in [-0.39, 0.29) is 64.0 Å². The molecule has 0 saturated carbocycles. The summed E-state index contributed by atoms with van der Waals surface area (Å²) >= 11 is 0. The van der Waals surface area contributed by atoms with Crippen LogP contribution in [0, 0.1) is 26.8 Å². The summed E-state index contributed by atoms with van der Waals surface area (Å²) in [5, 5.41) is 3.86. The van der Waals surface area contributed by atoms with Crippen LogP contribution in [-0.4, -0.2) is 8.07 Å². The first-order valence-electron chi connectivity index (χ1n) is 17.4. The van der Waals surface area contributed by atoms with E-state index in [0.717, 1.165) is 0 Å². The van der Waals surface area contributed by atoms with Crippen LogP contribution in [0.25, 0.3) is 33.4 Å². The molecule has 7 rings (SSSR count). The van der Waals surface area contributed by atoms with Crippen molar-refractivity contribution in [3.63, 3.8) is 0 Å². The molecule has 0 saturated heterocycles. The molecule has 1 unspecified atom stereocenters. The predicted octanol–water partition coefficient (Wildman–Crippen LogP) is 1.95. The van der Waals surface area contributed by atoms with Gasteiger partial charge in [0, 0.05) is 0 Å². The molecule has 53 heavy (non-hydrogen) atoms. The Morgan fingerprint density at radius 1 is 0.434 bits per heavy atom. The average Bonchev–Trinajstić information content (AvgIpc) is 3.33. The van der Waals surface area contributed by atoms with E-state index in [9.17, 15) is 0 Å². The average molecular weight is 804 g/mol. The van der Waals surface area contributed by atoms with Gasteiger partial charge in [0.05, 0.1) is 0 Å². The van der Waals surface area contributed by atoms with E-state index in [4.69, 9.17) is 0 Å². The first-order valence-corrected chi connectivity index (χ1v) is 19.4. The summed E-state index contributed by atoms with van der Waals surface area (Å²) in [7, 11) is -3.01. The van der Waals surface area contributed by atoms with Crippen molar-refractivity contribution in [2.45, 2.75) is 53.5 Å². The van der Waals surface area contributed by atoms with Crippen molar-refractivity contribution in [2.75, 3.05) is 0 Å². The Hall–Kier alpha value is -3.40. The van der Waals surface area contributed by atoms with Gasteiger partial charge in [0.2, 0.25) is 0 Å². The van der Waals surface area contributed by atoms with Crippen LogP contribution in [0.3, 0.4) is 0 Å². The van der Waals surface area contributed by atoms with E-state index in [1.54, 1.807) is 0 Å². The summed E-state index contributed by atoms with van der Waals surface area (Å²) in [6.07, 6.45) is 4.19. The number of halogens is 3. The maximum Gasteiger partial charge on any atom is 4.00 e. The van der Waals surface area contributed by atoms with Gasteiger partial charge in [-0.1, -0.05) is 171 Å². The topological polar surface area (TPSA) is 0 Å². The van der Waals surface area contributed by atoms with Crippen LogP contribution in [0.1, 0.15) is 44.4 Å². The molecule has 0 N–H and O–H groups in total.